The number of benzene rings is 2. The lowest BCUT2D eigenvalue weighted by molar-refractivity contribution is 0.290. The van der Waals surface area contributed by atoms with E-state index in [1.54, 1.807) is 0 Å². The van der Waals surface area contributed by atoms with Crippen LogP contribution in [0.15, 0.2) is 53.3 Å². The molecule has 1 unspecified atom stereocenters. The zero-order chi connectivity index (χ0) is 17.8. The highest BCUT2D eigenvalue weighted by Crippen LogP contribution is 2.22. The van der Waals surface area contributed by atoms with Gasteiger partial charge >= 0.3 is 4.87 Å². The molecule has 3 rings (SSSR count). The Morgan fingerprint density at radius 2 is 1.84 bits per heavy atom. The SMILES string of the molecule is Cc1ccc(C(N)COc2ccc(Cc3sc(=O)[nH]c3O)cc2)cc1. The van der Waals surface area contributed by atoms with Crippen LogP contribution in [0, 0.1) is 6.92 Å². The summed E-state index contributed by atoms with van der Waals surface area (Å²) in [6.45, 7) is 2.43. The Morgan fingerprint density at radius 3 is 2.44 bits per heavy atom. The van der Waals surface area contributed by atoms with Crippen molar-refractivity contribution < 1.29 is 9.84 Å². The molecule has 0 bridgehead atoms. The fourth-order valence-electron chi connectivity index (χ4n) is 2.46. The molecule has 1 atom stereocenters. The van der Waals surface area contributed by atoms with Crippen molar-refractivity contribution in [1.82, 2.24) is 4.98 Å². The van der Waals surface area contributed by atoms with Crippen molar-refractivity contribution in [2.24, 2.45) is 5.73 Å². The molecule has 0 saturated carbocycles. The van der Waals surface area contributed by atoms with Gasteiger partial charge in [0.05, 0.1) is 10.9 Å². The summed E-state index contributed by atoms with van der Waals surface area (Å²) in [4.78, 5) is 14.0. The maximum absolute atomic E-state index is 11.2. The highest BCUT2D eigenvalue weighted by molar-refractivity contribution is 7.09. The first-order chi connectivity index (χ1) is 12.0. The van der Waals surface area contributed by atoms with Crippen LogP contribution in [-0.4, -0.2) is 16.7 Å². The molecule has 0 fully saturated rings. The lowest BCUT2D eigenvalue weighted by atomic mass is 10.1. The van der Waals surface area contributed by atoms with Crippen LogP contribution < -0.4 is 15.3 Å². The average Bonchev–Trinajstić information content (AvgIpc) is 2.92. The quantitative estimate of drug-likeness (QED) is 0.633. The van der Waals surface area contributed by atoms with Gasteiger partial charge < -0.3 is 15.6 Å². The number of aromatic amines is 1. The van der Waals surface area contributed by atoms with E-state index in [1.807, 2.05) is 55.5 Å². The van der Waals surface area contributed by atoms with E-state index >= 15 is 0 Å². The Kier molecular flexibility index (Phi) is 5.21. The summed E-state index contributed by atoms with van der Waals surface area (Å²) >= 11 is 1.02. The van der Waals surface area contributed by atoms with Crippen molar-refractivity contribution in [3.05, 3.63) is 79.8 Å². The summed E-state index contributed by atoms with van der Waals surface area (Å²) in [5.74, 6) is 0.678. The topological polar surface area (TPSA) is 88.3 Å². The van der Waals surface area contributed by atoms with Crippen molar-refractivity contribution in [3.8, 4) is 11.6 Å². The van der Waals surface area contributed by atoms with Crippen molar-refractivity contribution in [1.29, 1.82) is 0 Å². The molecule has 0 amide bonds. The molecule has 25 heavy (non-hydrogen) atoms. The normalized spacial score (nSPS) is 12.1. The number of rotatable bonds is 6. The summed E-state index contributed by atoms with van der Waals surface area (Å²) in [5.41, 5.74) is 9.39. The number of hydrogen-bond donors (Lipinski definition) is 3. The van der Waals surface area contributed by atoms with Gasteiger partial charge in [-0.3, -0.25) is 9.78 Å². The van der Waals surface area contributed by atoms with Crippen LogP contribution in [0.1, 0.15) is 27.6 Å². The molecule has 4 N–H and O–H groups in total. The van der Waals surface area contributed by atoms with E-state index in [2.05, 4.69) is 4.98 Å². The largest absolute Gasteiger partial charge is 0.494 e. The monoisotopic (exact) mass is 356 g/mol. The van der Waals surface area contributed by atoms with Gasteiger partial charge in [0.15, 0.2) is 0 Å². The first-order valence-electron chi connectivity index (χ1n) is 7.96. The van der Waals surface area contributed by atoms with Crippen LogP contribution in [0.3, 0.4) is 0 Å². The maximum atomic E-state index is 11.2. The number of aromatic hydroxyl groups is 1. The molecule has 130 valence electrons. The second kappa shape index (κ2) is 7.55. The third-order valence-corrected chi connectivity index (χ3v) is 4.80. The van der Waals surface area contributed by atoms with Gasteiger partial charge in [-0.05, 0) is 30.2 Å². The lowest BCUT2D eigenvalue weighted by Crippen LogP contribution is -2.18. The number of H-pyrrole nitrogens is 1. The molecule has 6 heteroatoms. The number of thiazole rings is 1. The zero-order valence-electron chi connectivity index (χ0n) is 13.9. The van der Waals surface area contributed by atoms with Crippen LogP contribution in [0.25, 0.3) is 0 Å². The number of nitrogens with one attached hydrogen (secondary N) is 1. The second-order valence-electron chi connectivity index (χ2n) is 5.94. The Hall–Kier alpha value is -2.57. The van der Waals surface area contributed by atoms with E-state index in [9.17, 15) is 9.90 Å². The van der Waals surface area contributed by atoms with Crippen molar-refractivity contribution in [3.63, 3.8) is 0 Å². The van der Waals surface area contributed by atoms with Crippen LogP contribution >= 0.6 is 11.3 Å². The highest BCUT2D eigenvalue weighted by Gasteiger charge is 2.09. The summed E-state index contributed by atoms with van der Waals surface area (Å²) in [6, 6.07) is 15.5. The van der Waals surface area contributed by atoms with Gasteiger partial charge in [-0.25, -0.2) is 0 Å². The molecule has 0 radical (unpaired) electrons. The number of nitrogens with two attached hydrogens (primary N) is 1. The molecule has 0 saturated heterocycles. The van der Waals surface area contributed by atoms with E-state index in [1.165, 1.54) is 5.56 Å². The third kappa shape index (κ3) is 4.49. The number of aryl methyl sites for hydroxylation is 1. The number of ether oxygens (including phenoxy) is 1. The average molecular weight is 356 g/mol. The molecule has 3 aromatic rings. The summed E-state index contributed by atoms with van der Waals surface area (Å²) in [7, 11) is 0. The first kappa shape index (κ1) is 17.3. The second-order valence-corrected chi connectivity index (χ2v) is 7.00. The highest BCUT2D eigenvalue weighted by atomic mass is 32.1. The van der Waals surface area contributed by atoms with E-state index in [0.29, 0.717) is 17.9 Å². The fraction of sp³-hybridized carbons (Fsp3) is 0.211. The molecule has 5 nitrogen and oxygen atoms in total. The predicted octanol–water partition coefficient (Wildman–Crippen LogP) is 3.12. The minimum absolute atomic E-state index is 0.0561. The van der Waals surface area contributed by atoms with Crippen molar-refractivity contribution in [2.75, 3.05) is 6.61 Å². The summed E-state index contributed by atoms with van der Waals surface area (Å²) in [6.07, 6.45) is 0.498. The zero-order valence-corrected chi connectivity index (χ0v) is 14.7. The summed E-state index contributed by atoms with van der Waals surface area (Å²) in [5, 5.41) is 9.63. The van der Waals surface area contributed by atoms with Crippen LogP contribution in [-0.2, 0) is 6.42 Å². The van der Waals surface area contributed by atoms with Gasteiger partial charge in [-0.2, -0.15) is 0 Å². The molecule has 0 aliphatic heterocycles. The van der Waals surface area contributed by atoms with E-state index in [4.69, 9.17) is 10.5 Å². The number of aromatic nitrogens is 1. The molecular formula is C19H20N2O3S. The van der Waals surface area contributed by atoms with Gasteiger partial charge in [0.1, 0.15) is 12.4 Å². The van der Waals surface area contributed by atoms with Gasteiger partial charge in [-0.15, -0.1) is 0 Å². The van der Waals surface area contributed by atoms with Crippen molar-refractivity contribution >= 4 is 11.3 Å². The first-order valence-corrected chi connectivity index (χ1v) is 8.78. The number of hydrogen-bond acceptors (Lipinski definition) is 5. The fourth-order valence-corrected chi connectivity index (χ4v) is 3.21. The predicted molar refractivity (Wildman–Crippen MR) is 99.5 cm³/mol. The van der Waals surface area contributed by atoms with E-state index < -0.39 is 0 Å². The van der Waals surface area contributed by atoms with Gasteiger partial charge in [0, 0.05) is 6.42 Å². The molecule has 1 heterocycles. The molecule has 0 aliphatic rings. The minimum Gasteiger partial charge on any atom is -0.494 e. The summed E-state index contributed by atoms with van der Waals surface area (Å²) < 4.78 is 5.76. The van der Waals surface area contributed by atoms with Crippen LogP contribution in [0.2, 0.25) is 0 Å². The van der Waals surface area contributed by atoms with E-state index in [0.717, 1.165) is 28.2 Å². The smallest absolute Gasteiger partial charge is 0.307 e. The lowest BCUT2D eigenvalue weighted by Gasteiger charge is -2.14. The Balaban J connectivity index is 1.58. The Bertz CT molecular complexity index is 882. The Labute approximate surface area is 149 Å². The van der Waals surface area contributed by atoms with Crippen LogP contribution in [0.4, 0.5) is 0 Å². The van der Waals surface area contributed by atoms with E-state index in [-0.39, 0.29) is 16.8 Å². The van der Waals surface area contributed by atoms with Gasteiger partial charge in [-0.1, -0.05) is 53.3 Å². The van der Waals surface area contributed by atoms with Crippen LogP contribution in [0.5, 0.6) is 11.6 Å². The van der Waals surface area contributed by atoms with Gasteiger partial charge in [0.2, 0.25) is 5.88 Å². The molecule has 0 aliphatic carbocycles. The molecular weight excluding hydrogens is 336 g/mol. The van der Waals surface area contributed by atoms with Crippen molar-refractivity contribution in [2.45, 2.75) is 19.4 Å². The Morgan fingerprint density at radius 1 is 1.16 bits per heavy atom. The molecule has 1 aromatic heterocycles. The standard InChI is InChI=1S/C19H20N2O3S/c1-12-2-6-14(7-3-12)16(20)11-24-15-8-4-13(5-9-15)10-17-18(22)21-19(23)25-17/h2-9,16,22H,10-11,20H2,1H3,(H,21,23). The van der Waals surface area contributed by atoms with Gasteiger partial charge in [0.25, 0.3) is 0 Å². The third-order valence-electron chi connectivity index (χ3n) is 3.92. The minimum atomic E-state index is -0.252. The molecule has 0 spiro atoms. The molecule has 2 aromatic carbocycles. The maximum Gasteiger partial charge on any atom is 0.307 e.